The molecule has 6 nitrogen and oxygen atoms in total. The second kappa shape index (κ2) is 10.7. The van der Waals surface area contributed by atoms with Crippen LogP contribution in [0.2, 0.25) is 0 Å². The number of hydrogen-bond acceptors (Lipinski definition) is 4. The second-order valence-electron chi connectivity index (χ2n) is 5.80. The molecule has 0 aliphatic heterocycles. The molecule has 0 radical (unpaired) electrons. The van der Waals surface area contributed by atoms with Gasteiger partial charge in [0, 0.05) is 6.54 Å². The lowest BCUT2D eigenvalue weighted by Crippen LogP contribution is -2.38. The molecule has 0 spiro atoms. The summed E-state index contributed by atoms with van der Waals surface area (Å²) in [5.74, 6) is -1.20. The van der Waals surface area contributed by atoms with Crippen molar-refractivity contribution in [2.24, 2.45) is 5.10 Å². The van der Waals surface area contributed by atoms with E-state index in [-0.39, 0.29) is 12.4 Å². The van der Waals surface area contributed by atoms with Crippen LogP contribution >= 0.6 is 0 Å². The molecule has 0 unspecified atom stereocenters. The van der Waals surface area contributed by atoms with Crippen molar-refractivity contribution in [3.05, 3.63) is 65.5 Å². The molecule has 0 fully saturated rings. The maximum Gasteiger partial charge on any atom is 0.329 e. The molecule has 0 saturated heterocycles. The molecule has 142 valence electrons. The van der Waals surface area contributed by atoms with E-state index >= 15 is 0 Å². The Morgan fingerprint density at radius 3 is 2.63 bits per heavy atom. The Morgan fingerprint density at radius 1 is 1.15 bits per heavy atom. The molecule has 0 heterocycles. The maximum absolute atomic E-state index is 13.1. The SMILES string of the molecule is CCCCNC(=O)C(=O)N/N=C\c1ccc(OCc2cccc(F)c2)cc1. The summed E-state index contributed by atoms with van der Waals surface area (Å²) in [5, 5.41) is 6.26. The molecule has 2 N–H and O–H groups in total. The summed E-state index contributed by atoms with van der Waals surface area (Å²) in [5.41, 5.74) is 3.63. The standard InChI is InChI=1S/C20H22FN3O3/c1-2-3-11-22-19(25)20(26)24-23-13-15-7-9-18(10-8-15)27-14-16-5-4-6-17(21)12-16/h4-10,12-13H,2-3,11,14H2,1H3,(H,22,25)(H,24,26)/b23-13-. The molecule has 2 aromatic rings. The zero-order chi connectivity index (χ0) is 19.5. The third-order valence-corrected chi connectivity index (χ3v) is 3.58. The fraction of sp³-hybridized carbons (Fsp3) is 0.250. The maximum atomic E-state index is 13.1. The van der Waals surface area contributed by atoms with Gasteiger partial charge in [0.15, 0.2) is 0 Å². The lowest BCUT2D eigenvalue weighted by Gasteiger charge is -2.06. The number of carbonyl (C=O) groups excluding carboxylic acids is 2. The molecular formula is C20H22FN3O3. The van der Waals surface area contributed by atoms with Crippen LogP contribution in [0.25, 0.3) is 0 Å². The van der Waals surface area contributed by atoms with Crippen LogP contribution in [0.4, 0.5) is 4.39 Å². The monoisotopic (exact) mass is 371 g/mol. The first-order valence-corrected chi connectivity index (χ1v) is 8.67. The van der Waals surface area contributed by atoms with E-state index in [9.17, 15) is 14.0 Å². The highest BCUT2D eigenvalue weighted by Gasteiger charge is 2.10. The van der Waals surface area contributed by atoms with Gasteiger partial charge in [-0.2, -0.15) is 5.10 Å². The van der Waals surface area contributed by atoms with Crippen molar-refractivity contribution >= 4 is 18.0 Å². The first-order valence-electron chi connectivity index (χ1n) is 8.67. The van der Waals surface area contributed by atoms with Crippen LogP contribution < -0.4 is 15.5 Å². The first kappa shape index (κ1) is 20.1. The number of nitrogens with one attached hydrogen (secondary N) is 2. The molecule has 2 rings (SSSR count). The van der Waals surface area contributed by atoms with E-state index in [0.29, 0.717) is 12.3 Å². The summed E-state index contributed by atoms with van der Waals surface area (Å²) >= 11 is 0. The third kappa shape index (κ3) is 7.27. The van der Waals surface area contributed by atoms with Crippen molar-refractivity contribution in [3.63, 3.8) is 0 Å². The Labute approximate surface area is 157 Å². The number of carbonyl (C=O) groups is 2. The van der Waals surface area contributed by atoms with E-state index in [0.717, 1.165) is 24.0 Å². The zero-order valence-electron chi connectivity index (χ0n) is 15.1. The lowest BCUT2D eigenvalue weighted by atomic mass is 10.2. The number of benzene rings is 2. The average Bonchev–Trinajstić information content (AvgIpc) is 2.67. The summed E-state index contributed by atoms with van der Waals surface area (Å²) in [4.78, 5) is 23.0. The molecule has 0 aliphatic carbocycles. The molecule has 0 saturated carbocycles. The normalized spacial score (nSPS) is 10.6. The highest BCUT2D eigenvalue weighted by atomic mass is 19.1. The number of unbranched alkanes of at least 4 members (excludes halogenated alkanes) is 1. The van der Waals surface area contributed by atoms with Gasteiger partial charge in [-0.15, -0.1) is 0 Å². The Kier molecular flexibility index (Phi) is 7.96. The number of hydrazone groups is 1. The van der Waals surface area contributed by atoms with Crippen LogP contribution in [0.3, 0.4) is 0 Å². The molecule has 0 bridgehead atoms. The van der Waals surface area contributed by atoms with Gasteiger partial charge >= 0.3 is 11.8 Å². The number of amides is 2. The minimum Gasteiger partial charge on any atom is -0.489 e. The van der Waals surface area contributed by atoms with Crippen molar-refractivity contribution in [2.45, 2.75) is 26.4 Å². The van der Waals surface area contributed by atoms with Crippen molar-refractivity contribution in [1.29, 1.82) is 0 Å². The van der Waals surface area contributed by atoms with Gasteiger partial charge in [0.1, 0.15) is 18.2 Å². The van der Waals surface area contributed by atoms with Crippen molar-refractivity contribution in [2.75, 3.05) is 6.54 Å². The minimum absolute atomic E-state index is 0.258. The predicted molar refractivity (Wildman–Crippen MR) is 101 cm³/mol. The third-order valence-electron chi connectivity index (χ3n) is 3.58. The largest absolute Gasteiger partial charge is 0.489 e. The van der Waals surface area contributed by atoms with Crippen molar-refractivity contribution < 1.29 is 18.7 Å². The Morgan fingerprint density at radius 2 is 1.93 bits per heavy atom. The van der Waals surface area contributed by atoms with Crippen LogP contribution in [0, 0.1) is 5.82 Å². The fourth-order valence-corrected chi connectivity index (χ4v) is 2.12. The molecular weight excluding hydrogens is 349 g/mol. The molecule has 27 heavy (non-hydrogen) atoms. The van der Waals surface area contributed by atoms with E-state index in [1.165, 1.54) is 18.3 Å². The van der Waals surface area contributed by atoms with Gasteiger partial charge in [0.2, 0.25) is 0 Å². The Bertz CT molecular complexity index is 791. The summed E-state index contributed by atoms with van der Waals surface area (Å²) in [6, 6.07) is 13.2. The first-order chi connectivity index (χ1) is 13.1. The highest BCUT2D eigenvalue weighted by molar-refractivity contribution is 6.35. The number of hydrogen-bond donors (Lipinski definition) is 2. The molecule has 0 atom stereocenters. The van der Waals surface area contributed by atoms with E-state index in [4.69, 9.17) is 4.74 Å². The van der Waals surface area contributed by atoms with E-state index in [1.807, 2.05) is 6.92 Å². The van der Waals surface area contributed by atoms with E-state index < -0.39 is 11.8 Å². The van der Waals surface area contributed by atoms with Gasteiger partial charge in [-0.3, -0.25) is 9.59 Å². The molecule has 7 heteroatoms. The Balaban J connectivity index is 1.78. The van der Waals surface area contributed by atoms with Gasteiger partial charge in [0.05, 0.1) is 6.21 Å². The topological polar surface area (TPSA) is 79.8 Å². The molecule has 2 aromatic carbocycles. The fourth-order valence-electron chi connectivity index (χ4n) is 2.12. The number of ether oxygens (including phenoxy) is 1. The van der Waals surface area contributed by atoms with Crippen LogP contribution in [-0.4, -0.2) is 24.6 Å². The smallest absolute Gasteiger partial charge is 0.329 e. The summed E-state index contributed by atoms with van der Waals surface area (Å²) in [7, 11) is 0. The van der Waals surface area contributed by atoms with Crippen LogP contribution in [0.15, 0.2) is 53.6 Å². The second-order valence-corrected chi connectivity index (χ2v) is 5.80. The Hall–Kier alpha value is -3.22. The van der Waals surface area contributed by atoms with Gasteiger partial charge in [-0.1, -0.05) is 25.5 Å². The average molecular weight is 371 g/mol. The van der Waals surface area contributed by atoms with Gasteiger partial charge in [0.25, 0.3) is 0 Å². The van der Waals surface area contributed by atoms with Crippen molar-refractivity contribution in [1.82, 2.24) is 10.7 Å². The summed E-state index contributed by atoms with van der Waals surface area (Å²) in [6.45, 7) is 2.71. The highest BCUT2D eigenvalue weighted by Crippen LogP contribution is 2.14. The van der Waals surface area contributed by atoms with Gasteiger partial charge < -0.3 is 10.1 Å². The molecule has 0 aliphatic rings. The van der Waals surface area contributed by atoms with E-state index in [1.54, 1.807) is 36.4 Å². The summed E-state index contributed by atoms with van der Waals surface area (Å²) < 4.78 is 18.7. The minimum atomic E-state index is -0.808. The van der Waals surface area contributed by atoms with Crippen LogP contribution in [0.5, 0.6) is 5.75 Å². The van der Waals surface area contributed by atoms with Crippen LogP contribution in [-0.2, 0) is 16.2 Å². The van der Waals surface area contributed by atoms with Crippen LogP contribution in [0.1, 0.15) is 30.9 Å². The van der Waals surface area contributed by atoms with Gasteiger partial charge in [-0.25, -0.2) is 9.82 Å². The van der Waals surface area contributed by atoms with Crippen molar-refractivity contribution in [3.8, 4) is 5.75 Å². The van der Waals surface area contributed by atoms with E-state index in [2.05, 4.69) is 15.8 Å². The lowest BCUT2D eigenvalue weighted by molar-refractivity contribution is -0.139. The zero-order valence-corrected chi connectivity index (χ0v) is 15.1. The number of rotatable bonds is 8. The van der Waals surface area contributed by atoms with Gasteiger partial charge in [-0.05, 0) is 53.9 Å². The molecule has 0 aromatic heterocycles. The summed E-state index contributed by atoms with van der Waals surface area (Å²) in [6.07, 6.45) is 3.17. The quantitative estimate of drug-likeness (QED) is 0.324. The predicted octanol–water partition coefficient (Wildman–Crippen LogP) is 2.77. The number of halogens is 1. The molecule has 2 amide bonds. The number of nitrogens with zero attached hydrogens (tertiary/aromatic N) is 1.